The minimum atomic E-state index is -1.14. The first kappa shape index (κ1) is 37.0. The van der Waals surface area contributed by atoms with Gasteiger partial charge in [0.25, 0.3) is 11.8 Å². The number of nitrogens with one attached hydrogen (secondary N) is 3. The standard InChI is InChI=1S/C21H30N4O2SSi.C15H16N4OS/c1-21(2,3)23-19(26)15-13-25(14-27-11-12-29(4,5)6)24-18(15)20-22-16-9-7-8-10-17(16)28-20;1-15(2,3)18-13(20)9-8-16-19-12(9)14-17-10-6-4-5-7-11(10)21-14/h7-10,13H,11-12,14H2,1-6H3,(H,23,26);4-8H,1-3H3,(H,16,19)(H,18,20). The van der Waals surface area contributed by atoms with E-state index in [2.05, 4.69) is 50.6 Å². The number of amides is 2. The monoisotopic (exact) mass is 730 g/mol. The Morgan fingerprint density at radius 3 is 1.92 bits per heavy atom. The molecule has 0 aliphatic heterocycles. The maximum absolute atomic E-state index is 12.9. The largest absolute Gasteiger partial charge is 0.360 e. The molecule has 0 saturated heterocycles. The average Bonchev–Trinajstić information content (AvgIpc) is 3.81. The molecule has 2 aromatic carbocycles. The summed E-state index contributed by atoms with van der Waals surface area (Å²) in [4.78, 5) is 34.5. The molecule has 0 atom stereocenters. The smallest absolute Gasteiger partial charge is 0.255 e. The maximum atomic E-state index is 12.9. The molecule has 0 aliphatic rings. The van der Waals surface area contributed by atoms with Crippen molar-refractivity contribution in [2.75, 3.05) is 6.61 Å². The molecule has 0 radical (unpaired) electrons. The van der Waals surface area contributed by atoms with E-state index in [1.807, 2.05) is 90.1 Å². The highest BCUT2D eigenvalue weighted by Crippen LogP contribution is 2.32. The number of ether oxygens (including phenoxy) is 1. The minimum absolute atomic E-state index is 0.148. The summed E-state index contributed by atoms with van der Waals surface area (Å²) in [5.74, 6) is -0.300. The molecule has 6 rings (SSSR count). The minimum Gasteiger partial charge on any atom is -0.360 e. The fraction of sp³-hybridized carbons (Fsp3) is 0.389. The molecule has 0 bridgehead atoms. The molecule has 14 heteroatoms. The molecule has 11 nitrogen and oxygen atoms in total. The predicted octanol–water partition coefficient (Wildman–Crippen LogP) is 8.22. The Morgan fingerprint density at radius 1 is 0.820 bits per heavy atom. The molecular weight excluding hydrogens is 685 g/mol. The second-order valence-corrected chi connectivity index (χ2v) is 23.0. The van der Waals surface area contributed by atoms with Gasteiger partial charge in [-0.2, -0.15) is 10.2 Å². The van der Waals surface area contributed by atoms with E-state index in [0.29, 0.717) is 35.9 Å². The van der Waals surface area contributed by atoms with Gasteiger partial charge in [-0.15, -0.1) is 22.7 Å². The first-order valence-electron chi connectivity index (χ1n) is 16.5. The van der Waals surface area contributed by atoms with Gasteiger partial charge in [-0.25, -0.2) is 14.6 Å². The summed E-state index contributed by atoms with van der Waals surface area (Å²) in [5.41, 5.74) is 3.51. The first-order valence-corrected chi connectivity index (χ1v) is 21.9. The molecule has 0 unspecified atom stereocenters. The van der Waals surface area contributed by atoms with E-state index in [1.54, 1.807) is 39.7 Å². The average molecular weight is 731 g/mol. The van der Waals surface area contributed by atoms with Crippen molar-refractivity contribution in [3.8, 4) is 21.4 Å². The van der Waals surface area contributed by atoms with Gasteiger partial charge in [0.1, 0.15) is 28.1 Å². The normalized spacial score (nSPS) is 12.2. The van der Waals surface area contributed by atoms with Crippen LogP contribution in [0.3, 0.4) is 0 Å². The van der Waals surface area contributed by atoms with Crippen LogP contribution in [0.4, 0.5) is 0 Å². The van der Waals surface area contributed by atoms with Gasteiger partial charge in [0.2, 0.25) is 0 Å². The summed E-state index contributed by atoms with van der Waals surface area (Å²) in [7, 11) is -1.14. The Labute approximate surface area is 301 Å². The number of carbonyl (C=O) groups is 2. The highest BCUT2D eigenvalue weighted by Gasteiger charge is 2.25. The van der Waals surface area contributed by atoms with E-state index in [0.717, 1.165) is 36.5 Å². The van der Waals surface area contributed by atoms with Gasteiger partial charge in [0.15, 0.2) is 0 Å². The SMILES string of the molecule is CC(C)(C)NC(=O)c1cn(COCC[Si](C)(C)C)nc1-c1nc2ccccc2s1.CC(C)(C)NC(=O)c1cn[nH]c1-c1nc2ccccc2s1. The molecule has 6 aromatic rings. The van der Waals surface area contributed by atoms with Crippen LogP contribution in [-0.4, -0.2) is 67.5 Å². The second kappa shape index (κ2) is 14.9. The fourth-order valence-corrected chi connectivity index (χ4v) is 7.43. The Balaban J connectivity index is 0.000000204. The number of H-pyrrole nitrogens is 1. The van der Waals surface area contributed by atoms with Crippen molar-refractivity contribution in [3.05, 3.63) is 72.1 Å². The lowest BCUT2D eigenvalue weighted by atomic mass is 10.1. The molecule has 0 fully saturated rings. The van der Waals surface area contributed by atoms with Gasteiger partial charge in [-0.1, -0.05) is 43.9 Å². The molecule has 264 valence electrons. The number of para-hydroxylation sites is 2. The van der Waals surface area contributed by atoms with Crippen LogP contribution in [-0.2, 0) is 11.5 Å². The molecule has 0 aliphatic carbocycles. The van der Waals surface area contributed by atoms with Gasteiger partial charge in [0.05, 0.1) is 37.8 Å². The Morgan fingerprint density at radius 2 is 1.36 bits per heavy atom. The zero-order valence-corrected chi connectivity index (χ0v) is 32.8. The van der Waals surface area contributed by atoms with Crippen molar-refractivity contribution >= 4 is 63.0 Å². The van der Waals surface area contributed by atoms with Gasteiger partial charge in [0, 0.05) is 32.0 Å². The number of aromatic nitrogens is 6. The molecule has 0 saturated carbocycles. The quantitative estimate of drug-likeness (QED) is 0.101. The fourth-order valence-electron chi connectivity index (χ4n) is 4.74. The van der Waals surface area contributed by atoms with E-state index in [4.69, 9.17) is 9.72 Å². The summed E-state index contributed by atoms with van der Waals surface area (Å²) in [6.07, 6.45) is 3.31. The van der Waals surface area contributed by atoms with E-state index in [1.165, 1.54) is 0 Å². The molecule has 4 aromatic heterocycles. The van der Waals surface area contributed by atoms with E-state index in [-0.39, 0.29) is 22.9 Å². The third-order valence-electron chi connectivity index (χ3n) is 7.09. The number of aromatic amines is 1. The van der Waals surface area contributed by atoms with Crippen molar-refractivity contribution in [1.82, 2.24) is 40.6 Å². The highest BCUT2D eigenvalue weighted by atomic mass is 32.1. The third kappa shape index (κ3) is 9.93. The number of thiazole rings is 2. The van der Waals surface area contributed by atoms with Crippen LogP contribution in [0.5, 0.6) is 0 Å². The van der Waals surface area contributed by atoms with Crippen molar-refractivity contribution in [2.24, 2.45) is 0 Å². The summed E-state index contributed by atoms with van der Waals surface area (Å²) in [5, 5.41) is 19.0. The molecule has 50 heavy (non-hydrogen) atoms. The Hall–Kier alpha value is -4.24. The first-order chi connectivity index (χ1) is 23.5. The van der Waals surface area contributed by atoms with E-state index in [9.17, 15) is 9.59 Å². The molecular formula is C36H46N8O3S2Si. The number of nitrogens with zero attached hydrogens (tertiary/aromatic N) is 5. The zero-order chi connectivity index (χ0) is 36.3. The number of carbonyl (C=O) groups excluding carboxylic acids is 2. The van der Waals surface area contributed by atoms with Gasteiger partial charge < -0.3 is 15.4 Å². The third-order valence-corrected chi connectivity index (χ3v) is 10.9. The van der Waals surface area contributed by atoms with Crippen molar-refractivity contribution in [1.29, 1.82) is 0 Å². The number of hydrogen-bond donors (Lipinski definition) is 3. The lowest BCUT2D eigenvalue weighted by molar-refractivity contribution is 0.0785. The van der Waals surface area contributed by atoms with Gasteiger partial charge in [-0.05, 0) is 71.9 Å². The van der Waals surface area contributed by atoms with Crippen molar-refractivity contribution in [2.45, 2.75) is 85.0 Å². The Bertz CT molecular complexity index is 2030. The molecule has 4 heterocycles. The summed E-state index contributed by atoms with van der Waals surface area (Å²) in [6, 6.07) is 16.9. The van der Waals surface area contributed by atoms with Crippen LogP contribution < -0.4 is 10.6 Å². The lowest BCUT2D eigenvalue weighted by Crippen LogP contribution is -2.40. The molecule has 2 amide bonds. The predicted molar refractivity (Wildman–Crippen MR) is 207 cm³/mol. The van der Waals surface area contributed by atoms with Crippen molar-refractivity contribution < 1.29 is 14.3 Å². The molecule has 3 N–H and O–H groups in total. The topological polar surface area (TPSA) is 140 Å². The van der Waals surface area contributed by atoms with E-state index >= 15 is 0 Å². The van der Waals surface area contributed by atoms with Crippen LogP contribution in [0.15, 0.2) is 60.9 Å². The lowest BCUT2D eigenvalue weighted by Gasteiger charge is -2.20. The number of hydrogen-bond acceptors (Lipinski definition) is 9. The summed E-state index contributed by atoms with van der Waals surface area (Å²) < 4.78 is 9.69. The summed E-state index contributed by atoms with van der Waals surface area (Å²) in [6.45, 7) is 19.7. The Kier molecular flexibility index (Phi) is 11.1. The van der Waals surface area contributed by atoms with Crippen molar-refractivity contribution in [3.63, 3.8) is 0 Å². The summed E-state index contributed by atoms with van der Waals surface area (Å²) >= 11 is 3.08. The number of benzene rings is 2. The number of rotatable bonds is 9. The zero-order valence-electron chi connectivity index (χ0n) is 30.2. The van der Waals surface area contributed by atoms with Crippen LogP contribution in [0.25, 0.3) is 41.8 Å². The van der Waals surface area contributed by atoms with Crippen LogP contribution in [0, 0.1) is 0 Å². The number of fused-ring (bicyclic) bond motifs is 2. The highest BCUT2D eigenvalue weighted by molar-refractivity contribution is 7.22. The van der Waals surface area contributed by atoms with Gasteiger partial charge in [-0.3, -0.25) is 14.7 Å². The second-order valence-electron chi connectivity index (χ2n) is 15.3. The van der Waals surface area contributed by atoms with E-state index < -0.39 is 8.07 Å². The molecule has 0 spiro atoms. The van der Waals surface area contributed by atoms with Crippen LogP contribution in [0.2, 0.25) is 25.7 Å². The maximum Gasteiger partial charge on any atom is 0.255 e. The van der Waals surface area contributed by atoms with Gasteiger partial charge >= 0.3 is 0 Å². The van der Waals surface area contributed by atoms with Crippen LogP contribution >= 0.6 is 22.7 Å². The van der Waals surface area contributed by atoms with Crippen LogP contribution in [0.1, 0.15) is 62.3 Å².